The molecule has 27 heteroatoms. The van der Waals surface area contributed by atoms with Crippen LogP contribution in [0.2, 0.25) is 0 Å². The molecular weight excluding hydrogens is 1010 g/mol. The predicted octanol–water partition coefficient (Wildman–Crippen LogP) is 2.31. The second-order valence-corrected chi connectivity index (χ2v) is 21.1. The minimum absolute atomic E-state index is 0.00596. The molecule has 24 nitrogen and oxygen atoms in total. The van der Waals surface area contributed by atoms with Crippen molar-refractivity contribution >= 4 is 82.7 Å². The summed E-state index contributed by atoms with van der Waals surface area (Å²) in [6.07, 6.45) is 5.61. The van der Waals surface area contributed by atoms with Crippen LogP contribution in [0.25, 0.3) is 10.9 Å². The summed E-state index contributed by atoms with van der Waals surface area (Å²) < 4.78 is 96.9. The Morgan fingerprint density at radius 3 is 2.21 bits per heavy atom. The fourth-order valence-corrected chi connectivity index (χ4v) is 10.6. The topological polar surface area (TPSA) is 367 Å². The van der Waals surface area contributed by atoms with E-state index in [1.807, 2.05) is 0 Å². The van der Waals surface area contributed by atoms with Crippen molar-refractivity contribution in [1.29, 1.82) is 0 Å². The van der Waals surface area contributed by atoms with E-state index in [-0.39, 0.29) is 52.4 Å². The van der Waals surface area contributed by atoms with Crippen LogP contribution in [-0.2, 0) is 52.9 Å². The number of hydrogen-bond acceptors (Lipinski definition) is 15. The van der Waals surface area contributed by atoms with Gasteiger partial charge in [0.1, 0.15) is 28.3 Å². The van der Waals surface area contributed by atoms with Crippen molar-refractivity contribution in [2.45, 2.75) is 62.2 Å². The van der Waals surface area contributed by atoms with Gasteiger partial charge in [0.15, 0.2) is 5.95 Å². The van der Waals surface area contributed by atoms with E-state index in [2.05, 4.69) is 46.5 Å². The number of anilines is 2. The Hall–Kier alpha value is -7.82. The highest BCUT2D eigenvalue weighted by Gasteiger charge is 2.30. The number of nitrogens with one attached hydrogen (secondary N) is 7. The number of aromatic nitrogens is 3. The lowest BCUT2D eigenvalue weighted by Gasteiger charge is -2.19. The molecule has 0 unspecified atom stereocenters. The number of carboxylic acid groups (broad SMARTS) is 1. The van der Waals surface area contributed by atoms with Crippen molar-refractivity contribution in [3.63, 3.8) is 0 Å². The first kappa shape index (κ1) is 54.5. The van der Waals surface area contributed by atoms with Gasteiger partial charge in [0.2, 0.25) is 21.4 Å². The highest BCUT2D eigenvalue weighted by molar-refractivity contribution is 7.89. The third-order valence-electron chi connectivity index (χ3n) is 10.9. The largest absolute Gasteiger partial charge is 0.480 e. The number of carboxylic acids is 1. The third kappa shape index (κ3) is 14.6. The Morgan fingerprint density at radius 2 is 1.56 bits per heavy atom. The van der Waals surface area contributed by atoms with Crippen LogP contribution in [0.3, 0.4) is 0 Å². The number of H-pyrrole nitrogens is 1. The molecule has 2 heterocycles. The summed E-state index contributed by atoms with van der Waals surface area (Å²) in [6.45, 7) is 4.25. The van der Waals surface area contributed by atoms with Gasteiger partial charge in [-0.2, -0.15) is 26.7 Å². The van der Waals surface area contributed by atoms with E-state index in [9.17, 15) is 63.4 Å². The molecule has 0 spiro atoms. The van der Waals surface area contributed by atoms with Crippen molar-refractivity contribution in [2.24, 2.45) is 5.10 Å². The van der Waals surface area contributed by atoms with Gasteiger partial charge in [0.05, 0.1) is 22.3 Å². The monoisotopic (exact) mass is 1060 g/mol. The molecular formula is C46H50N10O14S3. The van der Waals surface area contributed by atoms with Crippen molar-refractivity contribution in [3.05, 3.63) is 147 Å². The van der Waals surface area contributed by atoms with Gasteiger partial charge in [-0.3, -0.25) is 38.5 Å². The smallest absolute Gasteiger partial charge is 0.323 e. The number of benzene rings is 4. The molecule has 0 fully saturated rings. The zero-order valence-electron chi connectivity index (χ0n) is 39.1. The fraction of sp³-hybridized carbons (Fsp3) is 0.239. The first-order chi connectivity index (χ1) is 34.4. The van der Waals surface area contributed by atoms with Crippen LogP contribution in [0.1, 0.15) is 55.0 Å². The molecule has 73 heavy (non-hydrogen) atoms. The second kappa shape index (κ2) is 23.2. The number of imidazole rings is 1. The number of nitrogens with zero attached hydrogens (tertiary/aromatic N) is 3. The second-order valence-electron chi connectivity index (χ2n) is 16.5. The summed E-state index contributed by atoms with van der Waals surface area (Å²) >= 11 is 0. The normalized spacial score (nSPS) is 12.8. The number of aliphatic carboxylic acids is 1. The Labute approximate surface area is 418 Å². The highest BCUT2D eigenvalue weighted by Crippen LogP contribution is 2.23. The van der Waals surface area contributed by atoms with Crippen LogP contribution in [0.15, 0.2) is 117 Å². The maximum Gasteiger partial charge on any atom is 0.323 e. The zero-order chi connectivity index (χ0) is 53.3. The molecule has 0 saturated heterocycles. The van der Waals surface area contributed by atoms with Crippen molar-refractivity contribution in [3.8, 4) is 0 Å². The summed E-state index contributed by atoms with van der Waals surface area (Å²) in [6, 6.07) is 15.4. The molecule has 4 aromatic carbocycles. The number of hydrogen-bond donors (Lipinski definition) is 10. The molecule has 10 N–H and O–H groups in total. The van der Waals surface area contributed by atoms with Gasteiger partial charge < -0.3 is 35.9 Å². The number of aromatic amines is 1. The molecule has 6 rings (SSSR count). The summed E-state index contributed by atoms with van der Waals surface area (Å²) in [4.78, 5) is 73.1. The number of carbonyl (C=O) groups is 4. The number of sulfonamides is 1. The van der Waals surface area contributed by atoms with Gasteiger partial charge in [0.25, 0.3) is 32.1 Å². The average molecular weight is 1060 g/mol. The Kier molecular flexibility index (Phi) is 17.3. The third-order valence-corrected chi connectivity index (χ3v) is 14.4. The molecule has 2 atom stereocenters. The van der Waals surface area contributed by atoms with Gasteiger partial charge in [-0.25, -0.2) is 13.4 Å². The number of pyridine rings is 1. The van der Waals surface area contributed by atoms with E-state index in [4.69, 9.17) is 0 Å². The molecule has 0 saturated carbocycles. The van der Waals surface area contributed by atoms with Crippen molar-refractivity contribution in [2.75, 3.05) is 29.6 Å². The maximum atomic E-state index is 13.9. The van der Waals surface area contributed by atoms with Gasteiger partial charge in [-0.05, 0) is 86.3 Å². The number of carbonyl (C=O) groups excluding carboxylic acids is 3. The lowest BCUT2D eigenvalue weighted by molar-refractivity contribution is -0.138. The van der Waals surface area contributed by atoms with Crippen LogP contribution in [0.4, 0.5) is 11.6 Å². The molecule has 2 aromatic heterocycles. The van der Waals surface area contributed by atoms with E-state index in [1.54, 1.807) is 57.4 Å². The summed E-state index contributed by atoms with van der Waals surface area (Å²) in [7, 11) is -13.8. The van der Waals surface area contributed by atoms with E-state index in [0.717, 1.165) is 11.8 Å². The van der Waals surface area contributed by atoms with Gasteiger partial charge in [-0.1, -0.05) is 42.0 Å². The van der Waals surface area contributed by atoms with Gasteiger partial charge in [0, 0.05) is 61.3 Å². The van der Waals surface area contributed by atoms with Gasteiger partial charge in [-0.15, -0.1) is 0 Å². The van der Waals surface area contributed by atoms with Crippen LogP contribution < -0.4 is 36.8 Å². The number of amides is 3. The molecule has 0 radical (unpaired) electrons. The number of rotatable bonds is 23. The first-order valence-corrected chi connectivity index (χ1v) is 26.4. The van der Waals surface area contributed by atoms with Gasteiger partial charge >= 0.3 is 5.97 Å². The van der Waals surface area contributed by atoms with E-state index >= 15 is 0 Å². The molecule has 0 aliphatic carbocycles. The fourth-order valence-electron chi connectivity index (χ4n) is 7.66. The lowest BCUT2D eigenvalue weighted by atomic mass is 10.1. The lowest BCUT2D eigenvalue weighted by Crippen LogP contribution is -2.50. The van der Waals surface area contributed by atoms with Crippen LogP contribution in [-0.4, -0.2) is 115 Å². The van der Waals surface area contributed by atoms with E-state index < -0.39 is 89.3 Å². The van der Waals surface area contributed by atoms with Crippen LogP contribution >= 0.6 is 0 Å². The first-order valence-electron chi connectivity index (χ1n) is 21.9. The summed E-state index contributed by atoms with van der Waals surface area (Å²) in [5.74, 6) is -5.24. The number of aryl methyl sites for hydroxylation is 4. The zero-order valence-corrected chi connectivity index (χ0v) is 41.6. The number of fused-ring (bicyclic) bond motifs is 1. The molecule has 6 aromatic rings. The van der Waals surface area contributed by atoms with E-state index in [1.165, 1.54) is 65.4 Å². The minimum atomic E-state index is -4.83. The Bertz CT molecular complexity index is 3470. The van der Waals surface area contributed by atoms with Crippen molar-refractivity contribution in [1.82, 2.24) is 35.2 Å². The summed E-state index contributed by atoms with van der Waals surface area (Å²) in [5.41, 5.74) is 4.43. The molecule has 0 bridgehead atoms. The standard InChI is InChI=1S/C46H50N10O14S3/c1-27-19-28(2)41(29(3)20-27)72(66,67)55-36(45(61)62)24-50-43(59)35-25-56(38-21-30(9-14-34(38)40(35)57)22-51-46-48-16-17-49-46)18-6-15-47-44(60)37(26-71(63,64)65)53-42(58)31-10-12-33(13-11-31)54-52-23-32-7-4-5-8-39(32)73(68,69)70/h4-5,7-14,16-17,19-21,23,25,36-37,54-55H,6,15,18,22,24,26H2,1-3H3,(H,47,60)(H,50,59)(H,53,58)(H,61,62)(H2,48,49,51)(H,63,64,65)(H,68,69,70)/b52-23+/t36-,37-/m0/s1. The Morgan fingerprint density at radius 1 is 0.863 bits per heavy atom. The Balaban J connectivity index is 1.15. The number of hydrazone groups is 1. The molecule has 3 amide bonds. The van der Waals surface area contributed by atoms with Crippen LogP contribution in [0, 0.1) is 20.8 Å². The summed E-state index contributed by atoms with van der Waals surface area (Å²) in [5, 5.41) is 24.3. The average Bonchev–Trinajstić information content (AvgIpc) is 3.84. The molecule has 386 valence electrons. The maximum absolute atomic E-state index is 13.9. The van der Waals surface area contributed by atoms with Crippen LogP contribution in [0.5, 0.6) is 0 Å². The van der Waals surface area contributed by atoms with Crippen molar-refractivity contribution < 1.29 is 58.6 Å². The molecule has 0 aliphatic heterocycles. The SMILES string of the molecule is Cc1cc(C)c(S(=O)(=O)N[C@@H](CNC(=O)c2cn(CCCNC(=O)[C@H](CS(=O)(=O)O)NC(=O)c3ccc(N/N=C/c4ccccc4S(=O)(=O)O)cc3)c3cc(CNc4ncc[nH]4)ccc3c2=O)C(=O)O)c(C)c1. The molecule has 0 aliphatic rings. The minimum Gasteiger partial charge on any atom is -0.480 e. The highest BCUT2D eigenvalue weighted by atomic mass is 32.2. The van der Waals surface area contributed by atoms with E-state index in [0.29, 0.717) is 33.8 Å². The quantitative estimate of drug-likeness (QED) is 0.0190. The predicted molar refractivity (Wildman–Crippen MR) is 268 cm³/mol.